The number of carbonyl (C=O) groups is 4. The summed E-state index contributed by atoms with van der Waals surface area (Å²) in [5.41, 5.74) is -2.58. The summed E-state index contributed by atoms with van der Waals surface area (Å²) in [5, 5.41) is 34.7. The monoisotopic (exact) mass is 246 g/mol. The van der Waals surface area contributed by atoms with Gasteiger partial charge in [-0.1, -0.05) is 6.92 Å². The summed E-state index contributed by atoms with van der Waals surface area (Å²) in [4.78, 5) is 42.8. The lowest BCUT2D eigenvalue weighted by atomic mass is 9.92. The topological polar surface area (TPSA) is 149 Å². The fraction of sp³-hybridized carbons (Fsp3) is 0.333. The van der Waals surface area contributed by atoms with Gasteiger partial charge in [0, 0.05) is 0 Å². The first-order valence-electron chi connectivity index (χ1n) is 4.40. The Morgan fingerprint density at radius 2 is 1.29 bits per heavy atom. The first kappa shape index (κ1) is 14.6. The minimum atomic E-state index is -1.99. The molecule has 0 amide bonds. The van der Waals surface area contributed by atoms with Crippen LogP contribution < -0.4 is 0 Å². The van der Waals surface area contributed by atoms with Gasteiger partial charge < -0.3 is 20.4 Å². The van der Waals surface area contributed by atoms with E-state index in [9.17, 15) is 19.2 Å². The van der Waals surface area contributed by atoms with Crippen LogP contribution in [0.15, 0.2) is 11.1 Å². The summed E-state index contributed by atoms with van der Waals surface area (Å²) < 4.78 is 0. The zero-order chi connectivity index (χ0) is 13.7. The molecular weight excluding hydrogens is 236 g/mol. The SMILES string of the molecule is CCC(C(=O)O)C(C(=O)O)=C(C(=O)O)C(=O)O. The maximum absolute atomic E-state index is 10.8. The van der Waals surface area contributed by atoms with Gasteiger partial charge in [-0.3, -0.25) is 4.79 Å². The van der Waals surface area contributed by atoms with Crippen LogP contribution in [0.25, 0.3) is 0 Å². The van der Waals surface area contributed by atoms with Crippen molar-refractivity contribution < 1.29 is 39.6 Å². The van der Waals surface area contributed by atoms with Crippen molar-refractivity contribution in [3.63, 3.8) is 0 Å². The zero-order valence-electron chi connectivity index (χ0n) is 8.71. The minimum absolute atomic E-state index is 0.235. The van der Waals surface area contributed by atoms with Crippen molar-refractivity contribution in [1.29, 1.82) is 0 Å². The third-order valence-electron chi connectivity index (χ3n) is 1.98. The Morgan fingerprint density at radius 3 is 1.47 bits per heavy atom. The van der Waals surface area contributed by atoms with E-state index in [0.29, 0.717) is 0 Å². The van der Waals surface area contributed by atoms with Gasteiger partial charge >= 0.3 is 23.9 Å². The molecule has 1 unspecified atom stereocenters. The predicted octanol–water partition coefficient (Wildman–Crippen LogP) is -0.352. The quantitative estimate of drug-likeness (QED) is 0.282. The molecule has 0 bridgehead atoms. The molecule has 0 fully saturated rings. The van der Waals surface area contributed by atoms with E-state index in [-0.39, 0.29) is 6.42 Å². The van der Waals surface area contributed by atoms with Gasteiger partial charge in [0.05, 0.1) is 11.5 Å². The molecule has 0 aliphatic heterocycles. The molecule has 0 spiro atoms. The third-order valence-corrected chi connectivity index (χ3v) is 1.98. The Bertz CT molecular complexity index is 389. The average Bonchev–Trinajstić information content (AvgIpc) is 2.15. The Morgan fingerprint density at radius 1 is 0.882 bits per heavy atom. The van der Waals surface area contributed by atoms with E-state index < -0.39 is 40.9 Å². The summed E-state index contributed by atoms with van der Waals surface area (Å²) >= 11 is 0. The third kappa shape index (κ3) is 3.30. The van der Waals surface area contributed by atoms with Crippen molar-refractivity contribution in [3.8, 4) is 0 Å². The summed E-state index contributed by atoms with van der Waals surface area (Å²) in [6, 6.07) is 0. The smallest absolute Gasteiger partial charge is 0.343 e. The van der Waals surface area contributed by atoms with Gasteiger partial charge in [-0.2, -0.15) is 0 Å². The average molecular weight is 246 g/mol. The molecule has 0 aromatic carbocycles. The molecule has 0 radical (unpaired) electrons. The van der Waals surface area contributed by atoms with Gasteiger partial charge in [0.25, 0.3) is 0 Å². The lowest BCUT2D eigenvalue weighted by molar-refractivity contribution is -0.145. The fourth-order valence-electron chi connectivity index (χ4n) is 1.25. The van der Waals surface area contributed by atoms with E-state index in [0.717, 1.165) is 0 Å². The van der Waals surface area contributed by atoms with Gasteiger partial charge in [0.1, 0.15) is 0 Å². The van der Waals surface area contributed by atoms with E-state index in [4.69, 9.17) is 20.4 Å². The van der Waals surface area contributed by atoms with E-state index in [1.54, 1.807) is 0 Å². The lowest BCUT2D eigenvalue weighted by Gasteiger charge is -2.12. The minimum Gasteiger partial charge on any atom is -0.481 e. The molecule has 0 heterocycles. The number of carboxylic acids is 4. The van der Waals surface area contributed by atoms with Crippen molar-refractivity contribution in [2.75, 3.05) is 0 Å². The van der Waals surface area contributed by atoms with Gasteiger partial charge in [0.15, 0.2) is 5.57 Å². The standard InChI is InChI=1S/C9H10O8/c1-2-3(6(10)11)4(7(12)13)5(8(14)15)9(16)17/h3H,2H2,1H3,(H,10,11)(H,12,13)(H,14,15)(H,16,17). The van der Waals surface area contributed by atoms with E-state index >= 15 is 0 Å². The Hall–Kier alpha value is -2.38. The van der Waals surface area contributed by atoms with E-state index in [1.807, 2.05) is 0 Å². The second-order valence-corrected chi connectivity index (χ2v) is 3.00. The van der Waals surface area contributed by atoms with Crippen LogP contribution >= 0.6 is 0 Å². The summed E-state index contributed by atoms with van der Waals surface area (Å²) in [5.74, 6) is -9.14. The lowest BCUT2D eigenvalue weighted by Crippen LogP contribution is -2.27. The van der Waals surface area contributed by atoms with Crippen LogP contribution in [0.5, 0.6) is 0 Å². The van der Waals surface area contributed by atoms with Crippen LogP contribution in [0, 0.1) is 5.92 Å². The van der Waals surface area contributed by atoms with E-state index in [1.165, 1.54) is 6.92 Å². The van der Waals surface area contributed by atoms with Crippen LogP contribution in [0.2, 0.25) is 0 Å². The largest absolute Gasteiger partial charge is 0.481 e. The number of hydrogen-bond donors (Lipinski definition) is 4. The second kappa shape index (κ2) is 5.64. The van der Waals surface area contributed by atoms with E-state index in [2.05, 4.69) is 0 Å². The number of aliphatic carboxylic acids is 4. The molecule has 0 aromatic rings. The van der Waals surface area contributed by atoms with Gasteiger partial charge in [-0.25, -0.2) is 14.4 Å². The molecule has 17 heavy (non-hydrogen) atoms. The number of hydrogen-bond acceptors (Lipinski definition) is 4. The van der Waals surface area contributed by atoms with Crippen LogP contribution in [-0.4, -0.2) is 44.3 Å². The van der Waals surface area contributed by atoms with Crippen molar-refractivity contribution in [2.45, 2.75) is 13.3 Å². The fourth-order valence-corrected chi connectivity index (χ4v) is 1.25. The first-order valence-corrected chi connectivity index (χ1v) is 4.40. The molecule has 0 aliphatic carbocycles. The highest BCUT2D eigenvalue weighted by atomic mass is 16.4. The normalized spacial score (nSPS) is 11.4. The van der Waals surface area contributed by atoms with Crippen LogP contribution in [0.4, 0.5) is 0 Å². The van der Waals surface area contributed by atoms with Gasteiger partial charge in [0.2, 0.25) is 0 Å². The number of rotatable bonds is 6. The molecule has 0 rings (SSSR count). The molecule has 0 aromatic heterocycles. The summed E-state index contributed by atoms with van der Waals surface area (Å²) in [7, 11) is 0. The molecule has 1 atom stereocenters. The number of carboxylic acid groups (broad SMARTS) is 4. The zero-order valence-corrected chi connectivity index (χ0v) is 8.71. The van der Waals surface area contributed by atoms with Gasteiger partial charge in [-0.05, 0) is 6.42 Å². The molecule has 94 valence electrons. The summed E-state index contributed by atoms with van der Waals surface area (Å²) in [6.45, 7) is 1.31. The van der Waals surface area contributed by atoms with Crippen molar-refractivity contribution in [1.82, 2.24) is 0 Å². The Labute approximate surface area is 94.8 Å². The molecule has 0 saturated carbocycles. The molecule has 8 nitrogen and oxygen atoms in total. The van der Waals surface area contributed by atoms with Crippen LogP contribution in [-0.2, 0) is 19.2 Å². The highest BCUT2D eigenvalue weighted by Crippen LogP contribution is 2.20. The maximum atomic E-state index is 10.8. The molecule has 0 aliphatic rings. The maximum Gasteiger partial charge on any atom is 0.343 e. The highest BCUT2D eigenvalue weighted by Gasteiger charge is 2.34. The predicted molar refractivity (Wildman–Crippen MR) is 51.4 cm³/mol. The summed E-state index contributed by atoms with van der Waals surface area (Å²) in [6.07, 6.45) is -0.235. The Balaban J connectivity index is 6.01. The van der Waals surface area contributed by atoms with Crippen LogP contribution in [0.1, 0.15) is 13.3 Å². The highest BCUT2D eigenvalue weighted by molar-refractivity contribution is 6.18. The second-order valence-electron chi connectivity index (χ2n) is 3.00. The van der Waals surface area contributed by atoms with Crippen molar-refractivity contribution in [2.24, 2.45) is 5.92 Å². The van der Waals surface area contributed by atoms with Crippen molar-refractivity contribution >= 4 is 23.9 Å². The molecule has 0 saturated heterocycles. The molecular formula is C9H10O8. The molecule has 4 N–H and O–H groups in total. The van der Waals surface area contributed by atoms with Crippen LogP contribution in [0.3, 0.4) is 0 Å². The van der Waals surface area contributed by atoms with Crippen molar-refractivity contribution in [3.05, 3.63) is 11.1 Å². The molecule has 8 heteroatoms. The first-order chi connectivity index (χ1) is 7.73. The van der Waals surface area contributed by atoms with Gasteiger partial charge in [-0.15, -0.1) is 0 Å². The Kier molecular flexibility index (Phi) is 4.85.